The maximum atomic E-state index is 12.3. The van der Waals surface area contributed by atoms with E-state index in [-0.39, 0.29) is 17.9 Å². The summed E-state index contributed by atoms with van der Waals surface area (Å²) in [6.45, 7) is 4.37. The van der Waals surface area contributed by atoms with Crippen LogP contribution in [0, 0.1) is 0 Å². The Morgan fingerprint density at radius 1 is 1.43 bits per heavy atom. The molecule has 1 aromatic carbocycles. The summed E-state index contributed by atoms with van der Waals surface area (Å²) < 4.78 is 11.1. The highest BCUT2D eigenvalue weighted by Crippen LogP contribution is 2.25. The highest BCUT2D eigenvalue weighted by Gasteiger charge is 2.21. The molecule has 1 aromatic rings. The summed E-state index contributed by atoms with van der Waals surface area (Å²) in [4.78, 5) is 25.3. The third-order valence-corrected chi connectivity index (χ3v) is 3.92. The van der Waals surface area contributed by atoms with E-state index in [2.05, 4.69) is 5.32 Å². The molecule has 0 saturated carbocycles. The van der Waals surface area contributed by atoms with Gasteiger partial charge in [0, 0.05) is 20.6 Å². The Hall–Kier alpha value is -1.92. The number of carbonyl (C=O) groups is 2. The third kappa shape index (κ3) is 4.77. The van der Waals surface area contributed by atoms with E-state index >= 15 is 0 Å². The maximum absolute atomic E-state index is 12.3. The van der Waals surface area contributed by atoms with Crippen LogP contribution in [-0.4, -0.2) is 44.3 Å². The molecule has 2 rings (SSSR count). The van der Waals surface area contributed by atoms with E-state index in [4.69, 9.17) is 9.47 Å². The number of benzene rings is 1. The van der Waals surface area contributed by atoms with E-state index < -0.39 is 6.10 Å². The third-order valence-electron chi connectivity index (χ3n) is 3.92. The first-order chi connectivity index (χ1) is 11.0. The Morgan fingerprint density at radius 3 is 2.83 bits per heavy atom. The standard InChI is InChI=1S/C17H24N2O4/c1-12(23-11-14-7-6-10-22-14)17(21)18-15-8-4-5-9-16(15)19(3)13(2)20/h4-5,8-9,12,14H,6-7,10-11H2,1-3H3,(H,18,21)/t12-,14+/m1/s1. The smallest absolute Gasteiger partial charge is 0.253 e. The number of rotatable bonds is 6. The number of amides is 2. The zero-order valence-corrected chi connectivity index (χ0v) is 13.9. The minimum absolute atomic E-state index is 0.0846. The summed E-state index contributed by atoms with van der Waals surface area (Å²) in [5.74, 6) is -0.346. The molecule has 6 heteroatoms. The first-order valence-corrected chi connectivity index (χ1v) is 7.86. The molecule has 0 aliphatic carbocycles. The second-order valence-corrected chi connectivity index (χ2v) is 5.70. The van der Waals surface area contributed by atoms with Gasteiger partial charge in [-0.05, 0) is 31.9 Å². The fourth-order valence-corrected chi connectivity index (χ4v) is 2.38. The Kier molecular flexibility index (Phi) is 6.12. The zero-order valence-electron chi connectivity index (χ0n) is 13.9. The molecular weight excluding hydrogens is 296 g/mol. The average Bonchev–Trinajstić information content (AvgIpc) is 3.05. The van der Waals surface area contributed by atoms with Crippen LogP contribution in [0.4, 0.5) is 11.4 Å². The van der Waals surface area contributed by atoms with Gasteiger partial charge in [-0.15, -0.1) is 0 Å². The summed E-state index contributed by atoms with van der Waals surface area (Å²) in [7, 11) is 1.67. The van der Waals surface area contributed by atoms with Crippen LogP contribution in [0.2, 0.25) is 0 Å². The maximum Gasteiger partial charge on any atom is 0.253 e. The minimum Gasteiger partial charge on any atom is -0.376 e. The molecule has 1 heterocycles. The van der Waals surface area contributed by atoms with Crippen LogP contribution in [0.15, 0.2) is 24.3 Å². The number of hydrogen-bond acceptors (Lipinski definition) is 4. The number of para-hydroxylation sites is 2. The lowest BCUT2D eigenvalue weighted by Crippen LogP contribution is -2.31. The quantitative estimate of drug-likeness (QED) is 0.872. The lowest BCUT2D eigenvalue weighted by atomic mass is 10.2. The molecule has 1 aliphatic heterocycles. The summed E-state index contributed by atoms with van der Waals surface area (Å²) in [5, 5.41) is 2.82. The van der Waals surface area contributed by atoms with Crippen molar-refractivity contribution in [1.29, 1.82) is 0 Å². The van der Waals surface area contributed by atoms with E-state index in [1.807, 2.05) is 12.1 Å². The van der Waals surface area contributed by atoms with Crippen molar-refractivity contribution in [2.24, 2.45) is 0 Å². The highest BCUT2D eigenvalue weighted by atomic mass is 16.5. The summed E-state index contributed by atoms with van der Waals surface area (Å²) in [6.07, 6.45) is 1.51. The van der Waals surface area contributed by atoms with Gasteiger partial charge in [-0.1, -0.05) is 12.1 Å². The molecular formula is C17H24N2O4. The van der Waals surface area contributed by atoms with Crippen LogP contribution in [0.25, 0.3) is 0 Å². The Balaban J connectivity index is 1.95. The van der Waals surface area contributed by atoms with Gasteiger partial charge < -0.3 is 19.7 Å². The van der Waals surface area contributed by atoms with Gasteiger partial charge in [0.25, 0.3) is 5.91 Å². The molecule has 1 saturated heterocycles. The van der Waals surface area contributed by atoms with E-state index in [1.54, 1.807) is 26.1 Å². The van der Waals surface area contributed by atoms with Crippen molar-refractivity contribution in [3.63, 3.8) is 0 Å². The molecule has 6 nitrogen and oxygen atoms in total. The van der Waals surface area contributed by atoms with Gasteiger partial charge in [-0.25, -0.2) is 0 Å². The topological polar surface area (TPSA) is 67.9 Å². The van der Waals surface area contributed by atoms with Gasteiger partial charge in [0.15, 0.2) is 0 Å². The second kappa shape index (κ2) is 8.08. The van der Waals surface area contributed by atoms with Crippen molar-refractivity contribution in [3.8, 4) is 0 Å². The Morgan fingerprint density at radius 2 is 2.17 bits per heavy atom. The predicted octanol–water partition coefficient (Wildman–Crippen LogP) is 2.19. The van der Waals surface area contributed by atoms with Crippen molar-refractivity contribution in [2.75, 3.05) is 30.5 Å². The molecule has 1 fully saturated rings. The molecule has 23 heavy (non-hydrogen) atoms. The van der Waals surface area contributed by atoms with Crippen LogP contribution in [0.5, 0.6) is 0 Å². The summed E-state index contributed by atoms with van der Waals surface area (Å²) >= 11 is 0. The molecule has 126 valence electrons. The SMILES string of the molecule is CC(=O)N(C)c1ccccc1NC(=O)[C@@H](C)OC[C@@H]1CCCO1. The molecule has 0 aromatic heterocycles. The molecule has 0 radical (unpaired) electrons. The molecule has 2 atom stereocenters. The van der Waals surface area contributed by atoms with Crippen molar-refractivity contribution >= 4 is 23.2 Å². The summed E-state index contributed by atoms with van der Waals surface area (Å²) in [6, 6.07) is 7.18. The Bertz CT molecular complexity index is 555. The number of anilines is 2. The van der Waals surface area contributed by atoms with Crippen molar-refractivity contribution in [3.05, 3.63) is 24.3 Å². The van der Waals surface area contributed by atoms with Crippen LogP contribution in [-0.2, 0) is 19.1 Å². The normalized spacial score (nSPS) is 18.5. The van der Waals surface area contributed by atoms with E-state index in [0.29, 0.717) is 18.0 Å². The number of nitrogens with zero attached hydrogens (tertiary/aromatic N) is 1. The monoisotopic (exact) mass is 320 g/mol. The van der Waals surface area contributed by atoms with Crippen LogP contribution in [0.1, 0.15) is 26.7 Å². The van der Waals surface area contributed by atoms with E-state index in [9.17, 15) is 9.59 Å². The van der Waals surface area contributed by atoms with Gasteiger partial charge in [-0.2, -0.15) is 0 Å². The largest absolute Gasteiger partial charge is 0.376 e. The van der Waals surface area contributed by atoms with Crippen molar-refractivity contribution in [1.82, 2.24) is 0 Å². The fourth-order valence-electron chi connectivity index (χ4n) is 2.38. The van der Waals surface area contributed by atoms with Gasteiger partial charge in [0.05, 0.1) is 24.1 Å². The first kappa shape index (κ1) is 17.4. The second-order valence-electron chi connectivity index (χ2n) is 5.70. The molecule has 0 spiro atoms. The lowest BCUT2D eigenvalue weighted by Gasteiger charge is -2.21. The molecule has 0 bridgehead atoms. The predicted molar refractivity (Wildman–Crippen MR) is 88.5 cm³/mol. The molecule has 1 aliphatic rings. The van der Waals surface area contributed by atoms with Crippen molar-refractivity contribution in [2.45, 2.75) is 38.9 Å². The van der Waals surface area contributed by atoms with Gasteiger partial charge in [-0.3, -0.25) is 9.59 Å². The summed E-state index contributed by atoms with van der Waals surface area (Å²) in [5.41, 5.74) is 1.24. The van der Waals surface area contributed by atoms with Gasteiger partial charge in [0.2, 0.25) is 5.91 Å². The van der Waals surface area contributed by atoms with E-state index in [1.165, 1.54) is 11.8 Å². The van der Waals surface area contributed by atoms with E-state index in [0.717, 1.165) is 19.4 Å². The van der Waals surface area contributed by atoms with Gasteiger partial charge in [0.1, 0.15) is 6.10 Å². The Labute approximate surface area is 136 Å². The van der Waals surface area contributed by atoms with Crippen molar-refractivity contribution < 1.29 is 19.1 Å². The molecule has 2 amide bonds. The highest BCUT2D eigenvalue weighted by molar-refractivity contribution is 6.01. The molecule has 0 unspecified atom stereocenters. The van der Waals surface area contributed by atoms with Crippen LogP contribution in [0.3, 0.4) is 0 Å². The average molecular weight is 320 g/mol. The molecule has 1 N–H and O–H groups in total. The van der Waals surface area contributed by atoms with Crippen LogP contribution < -0.4 is 10.2 Å². The number of ether oxygens (including phenoxy) is 2. The first-order valence-electron chi connectivity index (χ1n) is 7.86. The van der Waals surface area contributed by atoms with Crippen LogP contribution >= 0.6 is 0 Å². The zero-order chi connectivity index (χ0) is 16.8. The number of hydrogen-bond donors (Lipinski definition) is 1. The van der Waals surface area contributed by atoms with Gasteiger partial charge >= 0.3 is 0 Å². The fraction of sp³-hybridized carbons (Fsp3) is 0.529. The lowest BCUT2D eigenvalue weighted by molar-refractivity contribution is -0.128. The number of nitrogens with one attached hydrogen (secondary N) is 1. The minimum atomic E-state index is -0.588. The number of carbonyl (C=O) groups excluding carboxylic acids is 2.